The first-order chi connectivity index (χ1) is 6.99. The van der Waals surface area contributed by atoms with Gasteiger partial charge >= 0.3 is 0 Å². The Hall–Kier alpha value is -1.05. The van der Waals surface area contributed by atoms with E-state index in [9.17, 15) is 4.79 Å². The highest BCUT2D eigenvalue weighted by Gasteiger charge is 2.33. The Balaban J connectivity index is 2.15. The van der Waals surface area contributed by atoms with Crippen molar-refractivity contribution in [1.29, 1.82) is 0 Å². The van der Waals surface area contributed by atoms with Crippen LogP contribution < -0.4 is 0 Å². The lowest BCUT2D eigenvalue weighted by Gasteiger charge is -2.26. The molecule has 2 heteroatoms. The van der Waals surface area contributed by atoms with E-state index >= 15 is 0 Å². The molecule has 0 aromatic heterocycles. The summed E-state index contributed by atoms with van der Waals surface area (Å²) in [6, 6.07) is 0. The van der Waals surface area contributed by atoms with Gasteiger partial charge in [0.05, 0.1) is 5.70 Å². The monoisotopic (exact) mass is 205 g/mol. The van der Waals surface area contributed by atoms with Crippen LogP contribution in [-0.4, -0.2) is 23.8 Å². The minimum Gasteiger partial charge on any atom is -0.368 e. The second kappa shape index (κ2) is 3.51. The summed E-state index contributed by atoms with van der Waals surface area (Å²) in [6.45, 7) is 10.4. The van der Waals surface area contributed by atoms with Gasteiger partial charge in [0.1, 0.15) is 0 Å². The molecule has 1 aliphatic heterocycles. The normalized spacial score (nSPS) is 25.7. The molecule has 2 nitrogen and oxygen atoms in total. The van der Waals surface area contributed by atoms with E-state index in [1.54, 1.807) is 0 Å². The molecule has 0 bridgehead atoms. The molecule has 2 rings (SSSR count). The summed E-state index contributed by atoms with van der Waals surface area (Å²) in [5.41, 5.74) is 2.02. The van der Waals surface area contributed by atoms with Gasteiger partial charge in [-0.1, -0.05) is 26.5 Å². The van der Waals surface area contributed by atoms with E-state index < -0.39 is 0 Å². The molecule has 1 fully saturated rings. The van der Waals surface area contributed by atoms with Crippen LogP contribution in [0.4, 0.5) is 0 Å². The van der Waals surface area contributed by atoms with Gasteiger partial charge in [-0.15, -0.1) is 0 Å². The van der Waals surface area contributed by atoms with E-state index in [0.29, 0.717) is 5.41 Å². The number of carbonyl (C=O) groups excluding carboxylic acids is 1. The molecule has 0 aromatic carbocycles. The molecule has 0 aromatic rings. The summed E-state index contributed by atoms with van der Waals surface area (Å²) < 4.78 is 0. The fourth-order valence-corrected chi connectivity index (χ4v) is 2.36. The van der Waals surface area contributed by atoms with Crippen LogP contribution in [0.3, 0.4) is 0 Å². The highest BCUT2D eigenvalue weighted by Crippen LogP contribution is 2.33. The summed E-state index contributed by atoms with van der Waals surface area (Å²) in [7, 11) is 0. The smallest absolute Gasteiger partial charge is 0.204 e. The maximum atomic E-state index is 11.9. The molecular formula is C13H19NO. The van der Waals surface area contributed by atoms with Crippen LogP contribution in [0.1, 0.15) is 33.1 Å². The highest BCUT2D eigenvalue weighted by atomic mass is 16.1. The molecule has 0 N–H and O–H groups in total. The molecule has 0 unspecified atom stereocenters. The number of hydrogen-bond acceptors (Lipinski definition) is 2. The third-order valence-electron chi connectivity index (χ3n) is 3.36. The van der Waals surface area contributed by atoms with Crippen molar-refractivity contribution in [3.05, 3.63) is 23.9 Å². The van der Waals surface area contributed by atoms with Gasteiger partial charge in [0.15, 0.2) is 0 Å². The first-order valence-corrected chi connectivity index (χ1v) is 5.67. The van der Waals surface area contributed by atoms with Gasteiger partial charge in [0.2, 0.25) is 5.78 Å². The Labute approximate surface area is 91.6 Å². The van der Waals surface area contributed by atoms with E-state index in [1.807, 2.05) is 0 Å². The first-order valence-electron chi connectivity index (χ1n) is 5.67. The predicted molar refractivity (Wildman–Crippen MR) is 61.4 cm³/mol. The SMILES string of the molecule is C=C1CCC=C(N2CCC(C)(C)C2)C1=O. The Kier molecular flexibility index (Phi) is 2.45. The van der Waals surface area contributed by atoms with Crippen LogP contribution in [0.5, 0.6) is 0 Å². The topological polar surface area (TPSA) is 20.3 Å². The van der Waals surface area contributed by atoms with Crippen molar-refractivity contribution in [2.75, 3.05) is 13.1 Å². The van der Waals surface area contributed by atoms with Gasteiger partial charge in [-0.05, 0) is 30.3 Å². The fourth-order valence-electron chi connectivity index (χ4n) is 2.36. The lowest BCUT2D eigenvalue weighted by atomic mass is 9.93. The molecule has 0 radical (unpaired) electrons. The zero-order valence-electron chi connectivity index (χ0n) is 9.68. The molecule has 2 aliphatic rings. The Morgan fingerprint density at radius 1 is 1.47 bits per heavy atom. The number of Topliss-reactive ketones (excluding diaryl/α,β-unsaturated/α-hetero) is 1. The van der Waals surface area contributed by atoms with Crippen molar-refractivity contribution in [2.24, 2.45) is 5.41 Å². The number of allylic oxidation sites excluding steroid dienone is 2. The van der Waals surface area contributed by atoms with E-state index in [0.717, 1.165) is 37.2 Å². The van der Waals surface area contributed by atoms with Crippen LogP contribution in [0.25, 0.3) is 0 Å². The van der Waals surface area contributed by atoms with Crippen molar-refractivity contribution in [1.82, 2.24) is 4.90 Å². The third-order valence-corrected chi connectivity index (χ3v) is 3.36. The van der Waals surface area contributed by atoms with E-state index in [4.69, 9.17) is 0 Å². The second-order valence-corrected chi connectivity index (χ2v) is 5.40. The first kappa shape index (κ1) is 10.5. The van der Waals surface area contributed by atoms with Crippen LogP contribution in [0.2, 0.25) is 0 Å². The van der Waals surface area contributed by atoms with Gasteiger partial charge in [0.25, 0.3) is 0 Å². The minimum atomic E-state index is 0.166. The molecular weight excluding hydrogens is 186 g/mol. The van der Waals surface area contributed by atoms with Gasteiger partial charge < -0.3 is 4.90 Å². The predicted octanol–water partition coefficient (Wildman–Crippen LogP) is 2.52. The summed E-state index contributed by atoms with van der Waals surface area (Å²) >= 11 is 0. The maximum absolute atomic E-state index is 11.9. The molecule has 0 saturated carbocycles. The molecule has 0 amide bonds. The van der Waals surface area contributed by atoms with Crippen LogP contribution in [0, 0.1) is 5.41 Å². The van der Waals surface area contributed by atoms with Crippen LogP contribution >= 0.6 is 0 Å². The van der Waals surface area contributed by atoms with Gasteiger partial charge in [-0.3, -0.25) is 4.79 Å². The second-order valence-electron chi connectivity index (χ2n) is 5.40. The standard InChI is InChI=1S/C13H19NO/c1-10-5-4-6-11(12(10)15)14-8-7-13(2,3)9-14/h6H,1,4-5,7-9H2,2-3H3. The molecule has 15 heavy (non-hydrogen) atoms. The Bertz CT molecular complexity index is 338. The van der Waals surface area contributed by atoms with Crippen LogP contribution in [-0.2, 0) is 4.79 Å². The quantitative estimate of drug-likeness (QED) is 0.613. The van der Waals surface area contributed by atoms with E-state index in [1.165, 1.54) is 6.42 Å². The average molecular weight is 205 g/mol. The Morgan fingerprint density at radius 2 is 2.20 bits per heavy atom. The zero-order chi connectivity index (χ0) is 11.1. The number of ketones is 1. The van der Waals surface area contributed by atoms with Crippen molar-refractivity contribution in [3.63, 3.8) is 0 Å². The molecule has 0 spiro atoms. The molecule has 1 aliphatic carbocycles. The van der Waals surface area contributed by atoms with Crippen molar-refractivity contribution >= 4 is 5.78 Å². The van der Waals surface area contributed by atoms with Gasteiger partial charge in [0, 0.05) is 13.1 Å². The van der Waals surface area contributed by atoms with Crippen LogP contribution in [0.15, 0.2) is 23.9 Å². The number of hydrogen-bond donors (Lipinski definition) is 0. The van der Waals surface area contributed by atoms with Gasteiger partial charge in [-0.2, -0.15) is 0 Å². The summed E-state index contributed by atoms with van der Waals surface area (Å²) in [5, 5.41) is 0. The fraction of sp³-hybridized carbons (Fsp3) is 0.615. The number of likely N-dealkylation sites (tertiary alicyclic amines) is 1. The number of rotatable bonds is 1. The highest BCUT2D eigenvalue weighted by molar-refractivity contribution is 6.08. The van der Waals surface area contributed by atoms with Gasteiger partial charge in [-0.25, -0.2) is 0 Å². The van der Waals surface area contributed by atoms with Crippen molar-refractivity contribution < 1.29 is 4.79 Å². The third kappa shape index (κ3) is 1.99. The largest absolute Gasteiger partial charge is 0.368 e. The lowest BCUT2D eigenvalue weighted by molar-refractivity contribution is -0.114. The van der Waals surface area contributed by atoms with Crippen molar-refractivity contribution in [3.8, 4) is 0 Å². The average Bonchev–Trinajstić information content (AvgIpc) is 2.51. The summed E-state index contributed by atoms with van der Waals surface area (Å²) in [6.07, 6.45) is 5.05. The maximum Gasteiger partial charge on any atom is 0.204 e. The number of nitrogens with zero attached hydrogens (tertiary/aromatic N) is 1. The zero-order valence-corrected chi connectivity index (χ0v) is 9.68. The summed E-state index contributed by atoms with van der Waals surface area (Å²) in [5.74, 6) is 0.166. The van der Waals surface area contributed by atoms with E-state index in [-0.39, 0.29) is 5.78 Å². The number of carbonyl (C=O) groups is 1. The summed E-state index contributed by atoms with van der Waals surface area (Å²) in [4.78, 5) is 14.1. The molecule has 1 heterocycles. The lowest BCUT2D eigenvalue weighted by Crippen LogP contribution is -2.29. The van der Waals surface area contributed by atoms with Crippen molar-refractivity contribution in [2.45, 2.75) is 33.1 Å². The minimum absolute atomic E-state index is 0.166. The molecule has 82 valence electrons. The van der Waals surface area contributed by atoms with E-state index in [2.05, 4.69) is 31.4 Å². The molecule has 1 saturated heterocycles. The Morgan fingerprint density at radius 3 is 2.80 bits per heavy atom. The molecule has 0 atom stereocenters.